The molecular formula is C15H13Cl2NO3. The van der Waals surface area contributed by atoms with Gasteiger partial charge >= 0.3 is 5.97 Å². The van der Waals surface area contributed by atoms with E-state index < -0.39 is 5.97 Å². The first-order valence-corrected chi connectivity index (χ1v) is 7.02. The topological polar surface area (TPSA) is 58.9 Å². The van der Waals surface area contributed by atoms with Crippen LogP contribution in [0.15, 0.2) is 40.2 Å². The molecule has 1 aliphatic heterocycles. The highest BCUT2D eigenvalue weighted by molar-refractivity contribution is 6.42. The van der Waals surface area contributed by atoms with Crippen molar-refractivity contribution in [2.75, 3.05) is 6.61 Å². The van der Waals surface area contributed by atoms with Crippen LogP contribution in [0.4, 0.5) is 0 Å². The van der Waals surface area contributed by atoms with Gasteiger partial charge in [-0.05, 0) is 37.6 Å². The van der Waals surface area contributed by atoms with Crippen molar-refractivity contribution in [2.24, 2.45) is 4.99 Å². The summed E-state index contributed by atoms with van der Waals surface area (Å²) in [6.45, 7) is 3.57. The van der Waals surface area contributed by atoms with E-state index in [1.807, 2.05) is 0 Å². The molecule has 2 rings (SSSR count). The molecule has 0 saturated carbocycles. The standard InChI is InChI=1S/C15H13Cl2NO3/c1-3-21-15(20)13-8(2)18-12(14(13)19)7-9-4-5-10(16)11(17)6-9/h4-7,19H,3H2,1-2H3/b12-7-. The van der Waals surface area contributed by atoms with Gasteiger partial charge in [-0.15, -0.1) is 0 Å². The Balaban J connectivity index is 2.39. The van der Waals surface area contributed by atoms with Crippen LogP contribution in [0.1, 0.15) is 19.4 Å². The van der Waals surface area contributed by atoms with E-state index in [4.69, 9.17) is 27.9 Å². The van der Waals surface area contributed by atoms with E-state index in [0.717, 1.165) is 0 Å². The molecule has 110 valence electrons. The molecular weight excluding hydrogens is 313 g/mol. The highest BCUT2D eigenvalue weighted by Crippen LogP contribution is 2.28. The third kappa shape index (κ3) is 3.28. The molecule has 0 radical (unpaired) electrons. The van der Waals surface area contributed by atoms with Crippen molar-refractivity contribution in [3.63, 3.8) is 0 Å². The summed E-state index contributed by atoms with van der Waals surface area (Å²) in [6, 6.07) is 5.04. The molecule has 6 heteroatoms. The van der Waals surface area contributed by atoms with Crippen LogP contribution in [0.5, 0.6) is 0 Å². The maximum absolute atomic E-state index is 11.8. The van der Waals surface area contributed by atoms with E-state index in [1.165, 1.54) is 0 Å². The van der Waals surface area contributed by atoms with Crippen molar-refractivity contribution in [2.45, 2.75) is 13.8 Å². The van der Waals surface area contributed by atoms with Gasteiger partial charge in [0.2, 0.25) is 0 Å². The molecule has 0 amide bonds. The Hall–Kier alpha value is -1.78. The van der Waals surface area contributed by atoms with E-state index in [0.29, 0.717) is 21.3 Å². The van der Waals surface area contributed by atoms with E-state index in [1.54, 1.807) is 38.1 Å². The number of aliphatic imine (C=N–C) groups is 1. The molecule has 0 saturated heterocycles. The molecule has 0 fully saturated rings. The minimum atomic E-state index is -0.589. The van der Waals surface area contributed by atoms with Crippen molar-refractivity contribution >= 4 is 41.0 Å². The number of ether oxygens (including phenoxy) is 1. The normalized spacial score (nSPS) is 16.4. The van der Waals surface area contributed by atoms with Crippen LogP contribution in [0.2, 0.25) is 10.0 Å². The van der Waals surface area contributed by atoms with Gasteiger partial charge in [-0.25, -0.2) is 9.79 Å². The zero-order chi connectivity index (χ0) is 15.6. The molecule has 4 nitrogen and oxygen atoms in total. The van der Waals surface area contributed by atoms with Crippen molar-refractivity contribution < 1.29 is 14.6 Å². The Morgan fingerprint density at radius 2 is 2.10 bits per heavy atom. The van der Waals surface area contributed by atoms with Gasteiger partial charge in [0, 0.05) is 0 Å². The van der Waals surface area contributed by atoms with Gasteiger partial charge in [0.1, 0.15) is 11.3 Å². The first kappa shape index (κ1) is 15.6. The summed E-state index contributed by atoms with van der Waals surface area (Å²) in [5.74, 6) is -0.786. The third-order valence-corrected chi connectivity index (χ3v) is 3.60. The number of aliphatic hydroxyl groups excluding tert-OH is 1. The fraction of sp³-hybridized carbons (Fsp3) is 0.200. The number of hydrogen-bond acceptors (Lipinski definition) is 4. The Morgan fingerprint density at radius 3 is 2.71 bits per heavy atom. The van der Waals surface area contributed by atoms with Gasteiger partial charge in [0.15, 0.2) is 5.76 Å². The predicted molar refractivity (Wildman–Crippen MR) is 83.8 cm³/mol. The number of carbonyl (C=O) groups is 1. The lowest BCUT2D eigenvalue weighted by Gasteiger charge is -2.03. The summed E-state index contributed by atoms with van der Waals surface area (Å²) in [5, 5.41) is 11.0. The number of esters is 1. The second kappa shape index (κ2) is 6.33. The molecule has 1 heterocycles. The number of nitrogens with zero attached hydrogens (tertiary/aromatic N) is 1. The van der Waals surface area contributed by atoms with Crippen molar-refractivity contribution in [3.05, 3.63) is 50.8 Å². The molecule has 0 atom stereocenters. The fourth-order valence-electron chi connectivity index (χ4n) is 1.90. The Labute approximate surface area is 132 Å². The zero-order valence-electron chi connectivity index (χ0n) is 11.5. The van der Waals surface area contributed by atoms with Crippen LogP contribution in [-0.4, -0.2) is 23.4 Å². The molecule has 0 bridgehead atoms. The first-order valence-electron chi connectivity index (χ1n) is 6.27. The SMILES string of the molecule is CCOC(=O)C1=C(O)/C(=C/c2ccc(Cl)c(Cl)c2)N=C1C. The lowest BCUT2D eigenvalue weighted by atomic mass is 10.1. The predicted octanol–water partition coefficient (Wildman–Crippen LogP) is 4.18. The monoisotopic (exact) mass is 325 g/mol. The van der Waals surface area contributed by atoms with Crippen molar-refractivity contribution in [1.29, 1.82) is 0 Å². The number of halogens is 2. The quantitative estimate of drug-likeness (QED) is 0.848. The molecule has 0 aliphatic carbocycles. The third-order valence-electron chi connectivity index (χ3n) is 2.86. The number of hydrogen-bond donors (Lipinski definition) is 1. The molecule has 0 spiro atoms. The van der Waals surface area contributed by atoms with E-state index >= 15 is 0 Å². The number of rotatable bonds is 3. The zero-order valence-corrected chi connectivity index (χ0v) is 13.0. The Morgan fingerprint density at radius 1 is 1.38 bits per heavy atom. The van der Waals surface area contributed by atoms with Gasteiger partial charge in [-0.1, -0.05) is 29.3 Å². The fourth-order valence-corrected chi connectivity index (χ4v) is 2.20. The average molecular weight is 326 g/mol. The number of aliphatic hydroxyl groups is 1. The van der Waals surface area contributed by atoms with E-state index in [2.05, 4.69) is 4.99 Å². The highest BCUT2D eigenvalue weighted by atomic mass is 35.5. The van der Waals surface area contributed by atoms with Gasteiger partial charge in [0.05, 0.1) is 22.4 Å². The molecule has 0 aromatic heterocycles. The first-order chi connectivity index (χ1) is 9.93. The average Bonchev–Trinajstić information content (AvgIpc) is 2.69. The van der Waals surface area contributed by atoms with Crippen LogP contribution in [0.3, 0.4) is 0 Å². The number of carbonyl (C=O) groups excluding carboxylic acids is 1. The summed E-state index contributed by atoms with van der Waals surface area (Å²) < 4.78 is 4.90. The minimum absolute atomic E-state index is 0.0863. The Bertz CT molecular complexity index is 690. The minimum Gasteiger partial charge on any atom is -0.505 e. The van der Waals surface area contributed by atoms with Gasteiger partial charge in [0.25, 0.3) is 0 Å². The number of benzene rings is 1. The van der Waals surface area contributed by atoms with Crippen molar-refractivity contribution in [1.82, 2.24) is 0 Å². The van der Waals surface area contributed by atoms with E-state index in [-0.39, 0.29) is 23.6 Å². The summed E-state index contributed by atoms with van der Waals surface area (Å²) in [4.78, 5) is 16.0. The second-order valence-electron chi connectivity index (χ2n) is 4.34. The molecule has 1 N–H and O–H groups in total. The molecule has 1 aromatic carbocycles. The van der Waals surface area contributed by atoms with Crippen LogP contribution >= 0.6 is 23.2 Å². The smallest absolute Gasteiger partial charge is 0.343 e. The van der Waals surface area contributed by atoms with Gasteiger partial charge in [-0.3, -0.25) is 0 Å². The molecule has 21 heavy (non-hydrogen) atoms. The maximum Gasteiger partial charge on any atom is 0.343 e. The van der Waals surface area contributed by atoms with Crippen LogP contribution in [0, 0.1) is 0 Å². The maximum atomic E-state index is 11.8. The molecule has 1 aromatic rings. The summed E-state index contributed by atoms with van der Waals surface area (Å²) in [6.07, 6.45) is 1.62. The van der Waals surface area contributed by atoms with Gasteiger partial charge < -0.3 is 9.84 Å². The van der Waals surface area contributed by atoms with Crippen LogP contribution in [-0.2, 0) is 9.53 Å². The largest absolute Gasteiger partial charge is 0.505 e. The second-order valence-corrected chi connectivity index (χ2v) is 5.16. The summed E-state index contributed by atoms with van der Waals surface area (Å²) >= 11 is 11.8. The molecule has 1 aliphatic rings. The summed E-state index contributed by atoms with van der Waals surface area (Å²) in [5.41, 5.74) is 1.50. The van der Waals surface area contributed by atoms with Crippen LogP contribution in [0.25, 0.3) is 6.08 Å². The lowest BCUT2D eigenvalue weighted by molar-refractivity contribution is -0.138. The Kier molecular flexibility index (Phi) is 4.70. The summed E-state index contributed by atoms with van der Waals surface area (Å²) in [7, 11) is 0. The van der Waals surface area contributed by atoms with Crippen molar-refractivity contribution in [3.8, 4) is 0 Å². The van der Waals surface area contributed by atoms with Crippen LogP contribution < -0.4 is 0 Å². The van der Waals surface area contributed by atoms with Gasteiger partial charge in [-0.2, -0.15) is 0 Å². The highest BCUT2D eigenvalue weighted by Gasteiger charge is 2.27. The van der Waals surface area contributed by atoms with E-state index in [9.17, 15) is 9.90 Å². The molecule has 0 unspecified atom stereocenters. The lowest BCUT2D eigenvalue weighted by Crippen LogP contribution is -2.13.